The fraction of sp³-hybridized carbons (Fsp3) is 0.361. The first-order chi connectivity index (χ1) is 22.8. The zero-order valence-electron chi connectivity index (χ0n) is 28.2. The van der Waals surface area contributed by atoms with E-state index in [1.54, 1.807) is 44.3 Å². The molecular formula is C36H44N4O7S. The first-order valence-electron chi connectivity index (χ1n) is 15.7. The van der Waals surface area contributed by atoms with Crippen LogP contribution in [0.4, 0.5) is 0 Å². The number of rotatable bonds is 15. The lowest BCUT2D eigenvalue weighted by atomic mass is 10.00. The molecule has 4 aromatic rings. The second-order valence-corrected chi connectivity index (χ2v) is 14.1. The van der Waals surface area contributed by atoms with Gasteiger partial charge in [-0.25, -0.2) is 13.4 Å². The second kappa shape index (κ2) is 16.1. The van der Waals surface area contributed by atoms with E-state index in [2.05, 4.69) is 10.3 Å². The number of nitrogens with zero attached hydrogens (tertiary/aromatic N) is 3. The number of carbonyl (C=O) groups is 2. The van der Waals surface area contributed by atoms with Gasteiger partial charge in [-0.2, -0.15) is 4.31 Å². The van der Waals surface area contributed by atoms with Crippen molar-refractivity contribution in [2.45, 2.75) is 57.7 Å². The Balaban J connectivity index is 1.56. The van der Waals surface area contributed by atoms with Crippen LogP contribution in [0.5, 0.6) is 5.75 Å². The van der Waals surface area contributed by atoms with E-state index in [-0.39, 0.29) is 48.3 Å². The van der Waals surface area contributed by atoms with Gasteiger partial charge in [-0.15, -0.1) is 0 Å². The molecule has 0 radical (unpaired) electrons. The average Bonchev–Trinajstić information content (AvgIpc) is 3.39. The highest BCUT2D eigenvalue weighted by Crippen LogP contribution is 2.22. The van der Waals surface area contributed by atoms with Crippen LogP contribution in [0, 0.1) is 19.8 Å². The molecule has 48 heavy (non-hydrogen) atoms. The maximum Gasteiger partial charge on any atom is 0.254 e. The van der Waals surface area contributed by atoms with Gasteiger partial charge in [-0.1, -0.05) is 50.2 Å². The Hall–Kier alpha value is -4.52. The zero-order valence-corrected chi connectivity index (χ0v) is 29.0. The molecule has 1 aromatic heterocycles. The van der Waals surface area contributed by atoms with Gasteiger partial charge in [0.05, 0.1) is 36.4 Å². The minimum atomic E-state index is -4.00. The Kier molecular flexibility index (Phi) is 12.1. The quantitative estimate of drug-likeness (QED) is 0.186. The minimum Gasteiger partial charge on any atom is -0.497 e. The maximum atomic E-state index is 13.8. The van der Waals surface area contributed by atoms with Crippen molar-refractivity contribution in [2.24, 2.45) is 5.92 Å². The molecule has 3 aromatic carbocycles. The maximum absolute atomic E-state index is 13.8. The lowest BCUT2D eigenvalue weighted by Gasteiger charge is -2.31. The Labute approximate surface area is 282 Å². The Bertz CT molecular complexity index is 1790. The fourth-order valence-corrected chi connectivity index (χ4v) is 6.96. The van der Waals surface area contributed by atoms with E-state index in [4.69, 9.17) is 9.15 Å². The molecule has 1 heterocycles. The number of aliphatic hydroxyl groups excluding tert-OH is 1. The van der Waals surface area contributed by atoms with Gasteiger partial charge in [0.15, 0.2) is 5.89 Å². The van der Waals surface area contributed by atoms with Gasteiger partial charge in [0.2, 0.25) is 10.0 Å². The third-order valence-electron chi connectivity index (χ3n) is 7.83. The fourth-order valence-electron chi connectivity index (χ4n) is 5.33. The van der Waals surface area contributed by atoms with Gasteiger partial charge in [0, 0.05) is 38.2 Å². The SMILES string of the molecule is COc1ccc(S(=O)(=O)N(CC(C)C)C[C@@H](O)[C@H](Cc2ccccc2)NC(=O)c2cccc(C(=O)N(C)Cc3oc(C)nc3C)c2)cc1. The number of aryl methyl sites for hydroxylation is 2. The van der Waals surface area contributed by atoms with E-state index in [1.165, 1.54) is 34.5 Å². The van der Waals surface area contributed by atoms with Crippen molar-refractivity contribution in [1.82, 2.24) is 19.5 Å². The summed E-state index contributed by atoms with van der Waals surface area (Å²) in [5.74, 6) is 0.750. The number of methoxy groups -OCH3 is 1. The summed E-state index contributed by atoms with van der Waals surface area (Å²) in [5, 5.41) is 14.5. The van der Waals surface area contributed by atoms with E-state index in [0.717, 1.165) is 5.56 Å². The number of sulfonamides is 1. The topological polar surface area (TPSA) is 142 Å². The molecule has 0 spiro atoms. The van der Waals surface area contributed by atoms with Gasteiger partial charge in [-0.05, 0) is 67.3 Å². The third kappa shape index (κ3) is 9.30. The summed E-state index contributed by atoms with van der Waals surface area (Å²) in [4.78, 5) is 32.8. The second-order valence-electron chi connectivity index (χ2n) is 12.2. The van der Waals surface area contributed by atoms with Crippen molar-refractivity contribution in [2.75, 3.05) is 27.2 Å². The van der Waals surface area contributed by atoms with Crippen molar-refractivity contribution < 1.29 is 32.3 Å². The van der Waals surface area contributed by atoms with E-state index in [0.29, 0.717) is 28.7 Å². The predicted octanol–water partition coefficient (Wildman–Crippen LogP) is 4.62. The minimum absolute atomic E-state index is 0.0391. The Morgan fingerprint density at radius 2 is 1.62 bits per heavy atom. The molecule has 2 amide bonds. The number of hydrogen-bond acceptors (Lipinski definition) is 8. The number of aliphatic hydroxyl groups is 1. The molecule has 4 rings (SSSR count). The highest BCUT2D eigenvalue weighted by atomic mass is 32.2. The highest BCUT2D eigenvalue weighted by Gasteiger charge is 2.32. The number of carbonyl (C=O) groups excluding carboxylic acids is 2. The monoisotopic (exact) mass is 676 g/mol. The number of ether oxygens (including phenoxy) is 1. The number of aromatic nitrogens is 1. The van der Waals surface area contributed by atoms with Crippen LogP contribution in [0.3, 0.4) is 0 Å². The van der Waals surface area contributed by atoms with Crippen LogP contribution in [0.2, 0.25) is 0 Å². The van der Waals surface area contributed by atoms with Crippen LogP contribution in [-0.2, 0) is 23.0 Å². The smallest absolute Gasteiger partial charge is 0.254 e. The first-order valence-corrected chi connectivity index (χ1v) is 17.2. The van der Waals surface area contributed by atoms with E-state index >= 15 is 0 Å². The van der Waals surface area contributed by atoms with Crippen molar-refractivity contribution in [3.63, 3.8) is 0 Å². The zero-order chi connectivity index (χ0) is 35.0. The van der Waals surface area contributed by atoms with Crippen molar-refractivity contribution in [1.29, 1.82) is 0 Å². The number of benzene rings is 3. The molecule has 2 N–H and O–H groups in total. The van der Waals surface area contributed by atoms with Gasteiger partial charge in [0.1, 0.15) is 11.5 Å². The van der Waals surface area contributed by atoms with Gasteiger partial charge in [-0.3, -0.25) is 9.59 Å². The van der Waals surface area contributed by atoms with Crippen molar-refractivity contribution in [3.05, 3.63) is 113 Å². The first kappa shape index (κ1) is 36.3. The molecule has 0 bridgehead atoms. The van der Waals surface area contributed by atoms with Gasteiger partial charge in [0.25, 0.3) is 11.8 Å². The third-order valence-corrected chi connectivity index (χ3v) is 9.68. The summed E-state index contributed by atoms with van der Waals surface area (Å²) in [6, 6.07) is 20.9. The molecule has 2 atom stereocenters. The Morgan fingerprint density at radius 1 is 0.958 bits per heavy atom. The lowest BCUT2D eigenvalue weighted by Crippen LogP contribution is -2.51. The van der Waals surface area contributed by atoms with Gasteiger partial charge >= 0.3 is 0 Å². The van der Waals surface area contributed by atoms with Gasteiger partial charge < -0.3 is 24.5 Å². The standard InChI is InChI=1S/C36H44N4O7S/c1-24(2)21-40(48(44,45)31-17-15-30(46-6)16-18-31)22-33(41)32(19-27-11-8-7-9-12-27)38-35(42)28-13-10-14-29(20-28)36(43)39(5)23-34-25(3)37-26(4)47-34/h7-18,20,24,32-33,41H,19,21-23H2,1-6H3,(H,38,42)/t32-,33+/m0/s1. The van der Waals surface area contributed by atoms with E-state index in [1.807, 2.05) is 51.1 Å². The lowest BCUT2D eigenvalue weighted by molar-refractivity contribution is 0.0772. The van der Waals surface area contributed by atoms with Crippen LogP contribution in [0.15, 0.2) is 88.2 Å². The number of nitrogens with one attached hydrogen (secondary N) is 1. The molecule has 0 saturated heterocycles. The molecule has 0 aliphatic carbocycles. The molecule has 0 unspecified atom stereocenters. The average molecular weight is 677 g/mol. The summed E-state index contributed by atoms with van der Waals surface area (Å²) in [7, 11) is -0.857. The van der Waals surface area contributed by atoms with Crippen molar-refractivity contribution >= 4 is 21.8 Å². The van der Waals surface area contributed by atoms with E-state index < -0.39 is 28.1 Å². The molecule has 0 aliphatic heterocycles. The van der Waals surface area contributed by atoms with Crippen LogP contribution in [0.1, 0.15) is 57.5 Å². The summed E-state index contributed by atoms with van der Waals surface area (Å²) < 4.78 is 39.6. The number of amides is 2. The van der Waals surface area contributed by atoms with Crippen LogP contribution >= 0.6 is 0 Å². The molecule has 0 aliphatic rings. The predicted molar refractivity (Wildman–Crippen MR) is 182 cm³/mol. The van der Waals surface area contributed by atoms with Crippen LogP contribution in [0.25, 0.3) is 0 Å². The normalized spacial score (nSPS) is 12.9. The molecule has 256 valence electrons. The highest BCUT2D eigenvalue weighted by molar-refractivity contribution is 7.89. The molecular weight excluding hydrogens is 632 g/mol. The number of hydrogen-bond donors (Lipinski definition) is 2. The summed E-state index contributed by atoms with van der Waals surface area (Å²) in [5.41, 5.74) is 2.06. The molecule has 0 saturated carbocycles. The summed E-state index contributed by atoms with van der Waals surface area (Å²) >= 11 is 0. The molecule has 0 fully saturated rings. The molecule has 12 heteroatoms. The summed E-state index contributed by atoms with van der Waals surface area (Å²) in [6.45, 7) is 7.45. The van der Waals surface area contributed by atoms with Crippen LogP contribution < -0.4 is 10.1 Å². The Morgan fingerprint density at radius 3 is 2.23 bits per heavy atom. The van der Waals surface area contributed by atoms with E-state index in [9.17, 15) is 23.1 Å². The van der Waals surface area contributed by atoms with Crippen molar-refractivity contribution in [3.8, 4) is 5.75 Å². The molecule has 11 nitrogen and oxygen atoms in total. The largest absolute Gasteiger partial charge is 0.497 e. The summed E-state index contributed by atoms with van der Waals surface area (Å²) in [6.07, 6.45) is -1.03. The number of oxazole rings is 1. The van der Waals surface area contributed by atoms with Crippen LogP contribution in [-0.4, -0.2) is 78.9 Å².